The zero-order valence-electron chi connectivity index (χ0n) is 9.58. The SMILES string of the molecule is O=C(Oc1cccc(Cl)c1)c1ccc([N+](=O)[O-])cc1. The first-order valence-electron chi connectivity index (χ1n) is 5.28. The molecule has 0 saturated heterocycles. The predicted octanol–water partition coefficient (Wildman–Crippen LogP) is 3.47. The average molecular weight is 278 g/mol. The Morgan fingerprint density at radius 3 is 2.42 bits per heavy atom. The fraction of sp³-hybridized carbons (Fsp3) is 0. The maximum Gasteiger partial charge on any atom is 0.343 e. The van der Waals surface area contributed by atoms with Gasteiger partial charge in [-0.3, -0.25) is 10.1 Å². The zero-order valence-corrected chi connectivity index (χ0v) is 10.3. The Labute approximate surface area is 113 Å². The van der Waals surface area contributed by atoms with Crippen molar-refractivity contribution >= 4 is 23.3 Å². The number of carbonyl (C=O) groups excluding carboxylic acids is 1. The molecule has 0 bridgehead atoms. The van der Waals surface area contributed by atoms with Gasteiger partial charge in [0.05, 0.1) is 10.5 Å². The number of ether oxygens (including phenoxy) is 1. The molecule has 2 aromatic carbocycles. The predicted molar refractivity (Wildman–Crippen MR) is 69.5 cm³/mol. The van der Waals surface area contributed by atoms with E-state index in [9.17, 15) is 14.9 Å². The number of halogens is 1. The third kappa shape index (κ3) is 3.29. The Morgan fingerprint density at radius 2 is 1.84 bits per heavy atom. The lowest BCUT2D eigenvalue weighted by atomic mass is 10.2. The van der Waals surface area contributed by atoms with Gasteiger partial charge in [-0.1, -0.05) is 17.7 Å². The molecule has 2 aromatic rings. The molecule has 0 N–H and O–H groups in total. The Bertz CT molecular complexity index is 625. The molecular weight excluding hydrogens is 270 g/mol. The zero-order chi connectivity index (χ0) is 13.8. The number of nitro benzene ring substituents is 1. The first kappa shape index (κ1) is 13.0. The summed E-state index contributed by atoms with van der Waals surface area (Å²) < 4.78 is 5.09. The van der Waals surface area contributed by atoms with Crippen LogP contribution in [-0.2, 0) is 0 Å². The van der Waals surface area contributed by atoms with Crippen LogP contribution in [0.2, 0.25) is 5.02 Å². The number of benzene rings is 2. The summed E-state index contributed by atoms with van der Waals surface area (Å²) in [6.45, 7) is 0. The minimum Gasteiger partial charge on any atom is -0.423 e. The highest BCUT2D eigenvalue weighted by molar-refractivity contribution is 6.30. The van der Waals surface area contributed by atoms with Crippen LogP contribution >= 0.6 is 11.6 Å². The van der Waals surface area contributed by atoms with Crippen molar-refractivity contribution in [2.24, 2.45) is 0 Å². The number of esters is 1. The molecule has 5 nitrogen and oxygen atoms in total. The van der Waals surface area contributed by atoms with E-state index in [1.54, 1.807) is 18.2 Å². The van der Waals surface area contributed by atoms with Crippen LogP contribution in [0.4, 0.5) is 5.69 Å². The highest BCUT2D eigenvalue weighted by atomic mass is 35.5. The van der Waals surface area contributed by atoms with Crippen molar-refractivity contribution in [3.8, 4) is 5.75 Å². The number of carbonyl (C=O) groups is 1. The van der Waals surface area contributed by atoms with Crippen molar-refractivity contribution in [3.63, 3.8) is 0 Å². The molecule has 0 radical (unpaired) electrons. The Morgan fingerprint density at radius 1 is 1.16 bits per heavy atom. The lowest BCUT2D eigenvalue weighted by Gasteiger charge is -2.04. The van der Waals surface area contributed by atoms with E-state index in [2.05, 4.69) is 0 Å². The first-order chi connectivity index (χ1) is 9.06. The second-order valence-corrected chi connectivity index (χ2v) is 4.09. The summed E-state index contributed by atoms with van der Waals surface area (Å²) in [5.74, 6) is -0.284. The van der Waals surface area contributed by atoms with E-state index in [0.717, 1.165) is 0 Å². The van der Waals surface area contributed by atoms with Gasteiger partial charge in [-0.05, 0) is 30.3 Å². The maximum atomic E-state index is 11.8. The molecule has 19 heavy (non-hydrogen) atoms. The number of hydrogen-bond acceptors (Lipinski definition) is 4. The van der Waals surface area contributed by atoms with Gasteiger partial charge in [0.15, 0.2) is 0 Å². The van der Waals surface area contributed by atoms with Gasteiger partial charge >= 0.3 is 5.97 Å². The van der Waals surface area contributed by atoms with E-state index in [4.69, 9.17) is 16.3 Å². The monoisotopic (exact) mass is 277 g/mol. The number of hydrogen-bond donors (Lipinski definition) is 0. The number of nitrogens with zero attached hydrogens (tertiary/aromatic N) is 1. The number of rotatable bonds is 3. The van der Waals surface area contributed by atoms with Crippen molar-refractivity contribution in [2.45, 2.75) is 0 Å². The molecule has 0 amide bonds. The van der Waals surface area contributed by atoms with E-state index in [1.165, 1.54) is 30.3 Å². The second kappa shape index (κ2) is 5.49. The fourth-order valence-electron chi connectivity index (χ4n) is 1.42. The molecule has 0 unspecified atom stereocenters. The Balaban J connectivity index is 2.14. The molecule has 0 aromatic heterocycles. The fourth-order valence-corrected chi connectivity index (χ4v) is 1.60. The van der Waals surface area contributed by atoms with Crippen LogP contribution in [0.25, 0.3) is 0 Å². The van der Waals surface area contributed by atoms with Gasteiger partial charge in [-0.2, -0.15) is 0 Å². The molecule has 0 aliphatic rings. The topological polar surface area (TPSA) is 69.4 Å². The normalized spacial score (nSPS) is 9.95. The van der Waals surface area contributed by atoms with Crippen LogP contribution in [0.5, 0.6) is 5.75 Å². The van der Waals surface area contributed by atoms with Crippen molar-refractivity contribution in [3.05, 3.63) is 69.2 Å². The summed E-state index contributed by atoms with van der Waals surface area (Å²) in [4.78, 5) is 21.7. The van der Waals surface area contributed by atoms with Gasteiger partial charge in [0.2, 0.25) is 0 Å². The lowest BCUT2D eigenvalue weighted by molar-refractivity contribution is -0.384. The highest BCUT2D eigenvalue weighted by Crippen LogP contribution is 2.19. The smallest absolute Gasteiger partial charge is 0.343 e. The average Bonchev–Trinajstić information content (AvgIpc) is 2.39. The van der Waals surface area contributed by atoms with E-state index < -0.39 is 10.9 Å². The van der Waals surface area contributed by atoms with Gasteiger partial charge in [-0.25, -0.2) is 4.79 Å². The number of non-ortho nitro benzene ring substituents is 1. The lowest BCUT2D eigenvalue weighted by Crippen LogP contribution is -2.08. The molecule has 6 heteroatoms. The summed E-state index contributed by atoms with van der Waals surface area (Å²) in [6, 6.07) is 11.6. The van der Waals surface area contributed by atoms with Crippen LogP contribution < -0.4 is 4.74 Å². The quantitative estimate of drug-likeness (QED) is 0.373. The molecule has 96 valence electrons. The third-order valence-corrected chi connectivity index (χ3v) is 2.56. The first-order valence-corrected chi connectivity index (χ1v) is 5.66. The van der Waals surface area contributed by atoms with Gasteiger partial charge in [0.25, 0.3) is 5.69 Å². The van der Waals surface area contributed by atoms with Crippen molar-refractivity contribution in [1.29, 1.82) is 0 Å². The summed E-state index contributed by atoms with van der Waals surface area (Å²) >= 11 is 5.76. The van der Waals surface area contributed by atoms with Crippen molar-refractivity contribution < 1.29 is 14.5 Å². The van der Waals surface area contributed by atoms with E-state index >= 15 is 0 Å². The van der Waals surface area contributed by atoms with Crippen LogP contribution in [0.3, 0.4) is 0 Å². The molecule has 0 saturated carbocycles. The van der Waals surface area contributed by atoms with Crippen LogP contribution in [-0.4, -0.2) is 10.9 Å². The summed E-state index contributed by atoms with van der Waals surface area (Å²) in [5.41, 5.74) is 0.143. The minimum atomic E-state index is -0.600. The largest absolute Gasteiger partial charge is 0.423 e. The Kier molecular flexibility index (Phi) is 3.77. The van der Waals surface area contributed by atoms with E-state index in [1.807, 2.05) is 0 Å². The molecule has 0 heterocycles. The van der Waals surface area contributed by atoms with Gasteiger partial charge in [0, 0.05) is 17.2 Å². The summed E-state index contributed by atoms with van der Waals surface area (Å²) in [6.07, 6.45) is 0. The third-order valence-electron chi connectivity index (χ3n) is 2.32. The molecule has 0 aliphatic heterocycles. The van der Waals surface area contributed by atoms with Gasteiger partial charge in [-0.15, -0.1) is 0 Å². The van der Waals surface area contributed by atoms with Gasteiger partial charge in [0.1, 0.15) is 5.75 Å². The molecule has 0 atom stereocenters. The maximum absolute atomic E-state index is 11.8. The highest BCUT2D eigenvalue weighted by Gasteiger charge is 2.11. The van der Waals surface area contributed by atoms with E-state index in [0.29, 0.717) is 10.8 Å². The summed E-state index contributed by atoms with van der Waals surface area (Å²) in [7, 11) is 0. The second-order valence-electron chi connectivity index (χ2n) is 3.65. The molecular formula is C13H8ClNO4. The van der Waals surface area contributed by atoms with Crippen LogP contribution in [0, 0.1) is 10.1 Å². The minimum absolute atomic E-state index is 0.0840. The summed E-state index contributed by atoms with van der Waals surface area (Å²) in [5, 5.41) is 10.9. The molecule has 2 rings (SSSR count). The Hall–Kier alpha value is -2.40. The molecule has 0 aliphatic carbocycles. The number of nitro groups is 1. The van der Waals surface area contributed by atoms with Crippen molar-refractivity contribution in [1.82, 2.24) is 0 Å². The van der Waals surface area contributed by atoms with E-state index in [-0.39, 0.29) is 11.3 Å². The standard InChI is InChI=1S/C13H8ClNO4/c14-10-2-1-3-12(8-10)19-13(16)9-4-6-11(7-5-9)15(17)18/h1-8H. The van der Waals surface area contributed by atoms with Crippen molar-refractivity contribution in [2.75, 3.05) is 0 Å². The molecule has 0 fully saturated rings. The van der Waals surface area contributed by atoms with Crippen LogP contribution in [0.1, 0.15) is 10.4 Å². The molecule has 0 spiro atoms. The van der Waals surface area contributed by atoms with Gasteiger partial charge < -0.3 is 4.74 Å². The van der Waals surface area contributed by atoms with Crippen LogP contribution in [0.15, 0.2) is 48.5 Å².